The van der Waals surface area contributed by atoms with Crippen LogP contribution in [0.25, 0.3) is 0 Å². The van der Waals surface area contributed by atoms with Crippen molar-refractivity contribution in [3.63, 3.8) is 0 Å². The fourth-order valence-corrected chi connectivity index (χ4v) is 6.43. The van der Waals surface area contributed by atoms with Crippen LogP contribution in [-0.4, -0.2) is 46.9 Å². The fourth-order valence-electron chi connectivity index (χ4n) is 6.43. The van der Waals surface area contributed by atoms with Crippen molar-refractivity contribution in [1.82, 2.24) is 16.0 Å². The minimum Gasteiger partial charge on any atom is -0.479 e. The van der Waals surface area contributed by atoms with Crippen molar-refractivity contribution in [2.75, 3.05) is 6.54 Å². The van der Waals surface area contributed by atoms with Crippen LogP contribution in [0, 0.1) is 0 Å². The maximum atomic E-state index is 13.8. The molecule has 2 atom stereocenters. The number of carboxylic acids is 1. The number of hydrogen-bond acceptors (Lipinski definition) is 5. The Kier molecular flexibility index (Phi) is 20.0. The zero-order chi connectivity index (χ0) is 33.5. The van der Waals surface area contributed by atoms with E-state index in [0.717, 1.165) is 38.5 Å². The van der Waals surface area contributed by atoms with Crippen molar-refractivity contribution < 1.29 is 24.3 Å². The van der Waals surface area contributed by atoms with Gasteiger partial charge in [-0.1, -0.05) is 134 Å². The molecule has 0 radical (unpaired) electrons. The maximum absolute atomic E-state index is 13.8. The molecule has 0 saturated heterocycles. The summed E-state index contributed by atoms with van der Waals surface area (Å²) in [5, 5.41) is 18.4. The maximum Gasteiger partial charge on any atom is 0.330 e. The van der Waals surface area contributed by atoms with E-state index >= 15 is 0 Å². The molecule has 260 valence electrons. The molecule has 9 nitrogen and oxygen atoms in total. The number of nitrogens with one attached hydrogen (secondary N) is 3. The van der Waals surface area contributed by atoms with E-state index in [2.05, 4.69) is 22.9 Å². The van der Waals surface area contributed by atoms with Crippen molar-refractivity contribution >= 4 is 23.7 Å². The number of rotatable bonds is 25. The predicted molar refractivity (Wildman–Crippen MR) is 184 cm³/mol. The van der Waals surface area contributed by atoms with E-state index in [1.165, 1.54) is 64.2 Å². The molecule has 1 aliphatic carbocycles. The molecule has 1 aromatic rings. The number of carbonyl (C=O) groups excluding carboxylic acids is 3. The van der Waals surface area contributed by atoms with Gasteiger partial charge in [-0.2, -0.15) is 0 Å². The second-order valence-corrected chi connectivity index (χ2v) is 13.2. The summed E-state index contributed by atoms with van der Waals surface area (Å²) in [5.74, 6) is -2.24. The zero-order valence-electron chi connectivity index (χ0n) is 28.5. The topological polar surface area (TPSA) is 151 Å². The zero-order valence-corrected chi connectivity index (χ0v) is 28.5. The normalized spacial score (nSPS) is 15.4. The third-order valence-corrected chi connectivity index (χ3v) is 9.26. The Morgan fingerprint density at radius 2 is 1.33 bits per heavy atom. The smallest absolute Gasteiger partial charge is 0.330 e. The van der Waals surface area contributed by atoms with Gasteiger partial charge in [0.25, 0.3) is 0 Å². The lowest BCUT2D eigenvalue weighted by molar-refractivity contribution is -0.143. The van der Waals surface area contributed by atoms with Crippen LogP contribution in [-0.2, 0) is 19.2 Å². The first-order chi connectivity index (χ1) is 22.3. The second-order valence-electron chi connectivity index (χ2n) is 13.2. The molecule has 0 unspecified atom stereocenters. The van der Waals surface area contributed by atoms with Gasteiger partial charge in [-0.15, -0.1) is 0 Å². The summed E-state index contributed by atoms with van der Waals surface area (Å²) in [5.41, 5.74) is 5.05. The molecule has 6 N–H and O–H groups in total. The van der Waals surface area contributed by atoms with E-state index in [1.54, 1.807) is 30.3 Å². The summed E-state index contributed by atoms with van der Waals surface area (Å²) in [6, 6.07) is 6.30. The van der Waals surface area contributed by atoms with Crippen LogP contribution in [0.15, 0.2) is 30.3 Å². The molecule has 1 aliphatic rings. The number of nitrogens with two attached hydrogens (primary N) is 1. The molecular weight excluding hydrogens is 580 g/mol. The van der Waals surface area contributed by atoms with Crippen molar-refractivity contribution in [2.45, 2.75) is 166 Å². The molecule has 0 spiro atoms. The van der Waals surface area contributed by atoms with E-state index in [-0.39, 0.29) is 11.8 Å². The summed E-state index contributed by atoms with van der Waals surface area (Å²) in [4.78, 5) is 52.4. The average Bonchev–Trinajstić information content (AvgIpc) is 3.05. The number of carboxylic acid groups (broad SMARTS) is 1. The quantitative estimate of drug-likeness (QED) is 0.0737. The first-order valence-corrected chi connectivity index (χ1v) is 18.2. The Labute approximate surface area is 277 Å². The molecule has 1 aromatic carbocycles. The van der Waals surface area contributed by atoms with Crippen LogP contribution in [0.1, 0.15) is 160 Å². The average molecular weight is 643 g/mol. The molecule has 0 bridgehead atoms. The third-order valence-electron chi connectivity index (χ3n) is 9.26. The van der Waals surface area contributed by atoms with Crippen LogP contribution in [0.4, 0.5) is 0 Å². The van der Waals surface area contributed by atoms with Crippen LogP contribution in [0.3, 0.4) is 0 Å². The first kappa shape index (κ1) is 39.2. The monoisotopic (exact) mass is 642 g/mol. The molecular formula is C37H62N4O5. The van der Waals surface area contributed by atoms with E-state index in [4.69, 9.17) is 5.73 Å². The summed E-state index contributed by atoms with van der Waals surface area (Å²) in [6.07, 6.45) is 21.7. The Hall–Kier alpha value is -2.94. The van der Waals surface area contributed by atoms with Gasteiger partial charge >= 0.3 is 5.97 Å². The highest BCUT2D eigenvalue weighted by atomic mass is 16.4. The Balaban J connectivity index is 1.87. The van der Waals surface area contributed by atoms with Crippen LogP contribution in [0.2, 0.25) is 0 Å². The SMILES string of the molecule is CCCCCCCCCCCCCCCC(=O)NC1(C(=O)N[C@@H](CCCCN)C(=O)N[C@H](C(=O)O)c2ccccc2)CCCCC1. The number of benzene rings is 1. The Morgan fingerprint density at radius 1 is 0.761 bits per heavy atom. The Morgan fingerprint density at radius 3 is 1.87 bits per heavy atom. The lowest BCUT2D eigenvalue weighted by Gasteiger charge is -2.37. The number of hydrogen-bond donors (Lipinski definition) is 5. The highest BCUT2D eigenvalue weighted by Gasteiger charge is 2.42. The number of carbonyl (C=O) groups is 4. The predicted octanol–water partition coefficient (Wildman–Crippen LogP) is 6.84. The van der Waals surface area contributed by atoms with Crippen LogP contribution < -0.4 is 21.7 Å². The van der Waals surface area contributed by atoms with Gasteiger partial charge in [-0.25, -0.2) is 4.79 Å². The van der Waals surface area contributed by atoms with Gasteiger partial charge in [-0.3, -0.25) is 14.4 Å². The summed E-state index contributed by atoms with van der Waals surface area (Å²) in [7, 11) is 0. The molecule has 0 heterocycles. The van der Waals surface area contributed by atoms with Gasteiger partial charge in [0.05, 0.1) is 0 Å². The molecule has 3 amide bonds. The molecule has 0 aliphatic heterocycles. The van der Waals surface area contributed by atoms with Crippen molar-refractivity contribution in [1.29, 1.82) is 0 Å². The van der Waals surface area contributed by atoms with Gasteiger partial charge < -0.3 is 26.8 Å². The van der Waals surface area contributed by atoms with Gasteiger partial charge in [-0.05, 0) is 50.6 Å². The number of amides is 3. The molecule has 0 aromatic heterocycles. The van der Waals surface area contributed by atoms with E-state index in [0.29, 0.717) is 50.6 Å². The molecule has 9 heteroatoms. The van der Waals surface area contributed by atoms with Gasteiger partial charge in [0.1, 0.15) is 11.6 Å². The van der Waals surface area contributed by atoms with E-state index in [9.17, 15) is 24.3 Å². The van der Waals surface area contributed by atoms with Crippen molar-refractivity contribution in [2.24, 2.45) is 5.73 Å². The van der Waals surface area contributed by atoms with Crippen LogP contribution >= 0.6 is 0 Å². The van der Waals surface area contributed by atoms with Crippen molar-refractivity contribution in [3.05, 3.63) is 35.9 Å². The minimum atomic E-state index is -1.24. The highest BCUT2D eigenvalue weighted by Crippen LogP contribution is 2.29. The molecule has 46 heavy (non-hydrogen) atoms. The van der Waals surface area contributed by atoms with Gasteiger partial charge in [0, 0.05) is 6.42 Å². The molecule has 2 rings (SSSR count). The minimum absolute atomic E-state index is 0.126. The standard InChI is InChI=1S/C37H62N4O5/c1-2-3-4-5-6-7-8-9-10-11-12-13-18-26-32(42)41-37(27-20-15-21-28-37)36(46)39-31(25-19-22-29-38)34(43)40-33(35(44)45)30-23-16-14-17-24-30/h14,16-17,23-24,31,33H,2-13,15,18-22,25-29,38H2,1H3,(H,39,46)(H,40,43)(H,41,42)(H,44,45)/t31-,33-/m0/s1. The van der Waals surface area contributed by atoms with Gasteiger partial charge in [0.15, 0.2) is 6.04 Å². The summed E-state index contributed by atoms with van der Waals surface area (Å²) < 4.78 is 0. The molecule has 1 fully saturated rings. The van der Waals surface area contributed by atoms with Crippen molar-refractivity contribution in [3.8, 4) is 0 Å². The van der Waals surface area contributed by atoms with E-state index < -0.39 is 29.5 Å². The largest absolute Gasteiger partial charge is 0.479 e. The second kappa shape index (κ2) is 23.4. The van der Waals surface area contributed by atoms with Gasteiger partial charge in [0.2, 0.25) is 17.7 Å². The van der Waals surface area contributed by atoms with E-state index in [1.807, 2.05) is 0 Å². The third kappa shape index (κ3) is 15.1. The van der Waals surface area contributed by atoms with Crippen LogP contribution in [0.5, 0.6) is 0 Å². The lowest BCUT2D eigenvalue weighted by atomic mass is 9.80. The summed E-state index contributed by atoms with van der Waals surface area (Å²) >= 11 is 0. The number of unbranched alkanes of at least 4 members (excludes halogenated alkanes) is 13. The first-order valence-electron chi connectivity index (χ1n) is 18.2. The highest BCUT2D eigenvalue weighted by molar-refractivity contribution is 5.96. The Bertz CT molecular complexity index is 1010. The fraction of sp³-hybridized carbons (Fsp3) is 0.730. The summed E-state index contributed by atoms with van der Waals surface area (Å²) in [6.45, 7) is 2.70. The number of aliphatic carboxylic acids is 1. The molecule has 1 saturated carbocycles. The lowest BCUT2D eigenvalue weighted by Crippen LogP contribution is -2.62.